The van der Waals surface area contributed by atoms with Crippen LogP contribution in [-0.4, -0.2) is 30.6 Å². The molecule has 1 saturated heterocycles. The lowest BCUT2D eigenvalue weighted by Gasteiger charge is -2.23. The van der Waals surface area contributed by atoms with Gasteiger partial charge in [0.15, 0.2) is 0 Å². The number of rotatable bonds is 5. The van der Waals surface area contributed by atoms with E-state index < -0.39 is 0 Å². The number of benzene rings is 1. The molecule has 1 fully saturated rings. The van der Waals surface area contributed by atoms with E-state index in [1.807, 2.05) is 0 Å². The molecule has 0 saturated carbocycles. The zero-order valence-electron chi connectivity index (χ0n) is 10.8. The third-order valence-corrected chi connectivity index (χ3v) is 3.97. The first-order chi connectivity index (χ1) is 8.70. The topological polar surface area (TPSA) is 15.3 Å². The fourth-order valence-corrected chi connectivity index (χ4v) is 2.82. The molecule has 2 nitrogen and oxygen atoms in total. The van der Waals surface area contributed by atoms with Crippen molar-refractivity contribution in [1.29, 1.82) is 0 Å². The van der Waals surface area contributed by atoms with Gasteiger partial charge in [-0.25, -0.2) is 4.39 Å². The Morgan fingerprint density at radius 3 is 3.06 bits per heavy atom. The molecule has 1 atom stereocenters. The van der Waals surface area contributed by atoms with E-state index in [2.05, 4.69) is 17.1 Å². The van der Waals surface area contributed by atoms with Crippen molar-refractivity contribution in [2.75, 3.05) is 19.6 Å². The zero-order valence-corrected chi connectivity index (χ0v) is 11.5. The minimum absolute atomic E-state index is 0.281. The Bertz CT molecular complexity index is 397. The molecule has 1 aromatic rings. The van der Waals surface area contributed by atoms with Gasteiger partial charge < -0.3 is 5.32 Å². The molecule has 0 spiro atoms. The number of likely N-dealkylation sites (tertiary alicyclic amines) is 1. The van der Waals surface area contributed by atoms with E-state index in [1.54, 1.807) is 6.07 Å². The Kier molecular flexibility index (Phi) is 4.98. The molecule has 0 bridgehead atoms. The first-order valence-corrected chi connectivity index (χ1v) is 6.97. The van der Waals surface area contributed by atoms with Gasteiger partial charge in [0, 0.05) is 24.2 Å². The van der Waals surface area contributed by atoms with Gasteiger partial charge in [-0.15, -0.1) is 0 Å². The monoisotopic (exact) mass is 270 g/mol. The molecule has 1 N–H and O–H groups in total. The van der Waals surface area contributed by atoms with Gasteiger partial charge in [0.05, 0.1) is 0 Å². The first kappa shape index (κ1) is 13.8. The number of nitrogens with zero attached hydrogens (tertiary/aromatic N) is 1. The van der Waals surface area contributed by atoms with Crippen molar-refractivity contribution in [3.63, 3.8) is 0 Å². The Morgan fingerprint density at radius 2 is 2.33 bits per heavy atom. The summed E-state index contributed by atoms with van der Waals surface area (Å²) in [6.07, 6.45) is 2.55. The molecule has 1 aliphatic heterocycles. The summed E-state index contributed by atoms with van der Waals surface area (Å²) < 4.78 is 12.9. The summed E-state index contributed by atoms with van der Waals surface area (Å²) in [5.41, 5.74) is 0.958. The highest BCUT2D eigenvalue weighted by Crippen LogP contribution is 2.18. The fourth-order valence-electron chi connectivity index (χ4n) is 2.58. The fraction of sp³-hybridized carbons (Fsp3) is 0.571. The maximum Gasteiger partial charge on any atom is 0.124 e. The molecular formula is C14H20ClFN2. The van der Waals surface area contributed by atoms with Crippen molar-refractivity contribution in [2.24, 2.45) is 0 Å². The summed E-state index contributed by atoms with van der Waals surface area (Å²) in [6, 6.07) is 5.20. The number of likely N-dealkylation sites (N-methyl/N-ethyl adjacent to an activating group) is 1. The van der Waals surface area contributed by atoms with E-state index in [-0.39, 0.29) is 5.82 Å². The molecule has 100 valence electrons. The third kappa shape index (κ3) is 3.44. The largest absolute Gasteiger partial charge is 0.311 e. The van der Waals surface area contributed by atoms with Crippen LogP contribution in [0.4, 0.5) is 4.39 Å². The second kappa shape index (κ2) is 6.50. The first-order valence-electron chi connectivity index (χ1n) is 6.59. The van der Waals surface area contributed by atoms with Gasteiger partial charge in [-0.1, -0.05) is 24.6 Å². The smallest absolute Gasteiger partial charge is 0.124 e. The molecule has 0 aliphatic carbocycles. The lowest BCUT2D eigenvalue weighted by atomic mass is 10.2. The van der Waals surface area contributed by atoms with E-state index in [4.69, 9.17) is 11.6 Å². The van der Waals surface area contributed by atoms with Crippen molar-refractivity contribution in [3.8, 4) is 0 Å². The van der Waals surface area contributed by atoms with Gasteiger partial charge in [0.1, 0.15) is 5.82 Å². The van der Waals surface area contributed by atoms with Crippen LogP contribution in [0, 0.1) is 5.82 Å². The van der Waals surface area contributed by atoms with Crippen LogP contribution in [0.15, 0.2) is 18.2 Å². The highest BCUT2D eigenvalue weighted by Gasteiger charge is 2.22. The summed E-state index contributed by atoms with van der Waals surface area (Å²) in [5, 5.41) is 3.92. The van der Waals surface area contributed by atoms with Gasteiger partial charge in [0.25, 0.3) is 0 Å². The number of halogens is 2. The Hall–Kier alpha value is -0.640. The molecule has 1 unspecified atom stereocenters. The molecule has 0 radical (unpaired) electrons. The number of nitrogens with one attached hydrogen (secondary N) is 1. The van der Waals surface area contributed by atoms with Crippen molar-refractivity contribution >= 4 is 11.6 Å². The summed E-state index contributed by atoms with van der Waals surface area (Å²) in [4.78, 5) is 2.50. The molecule has 2 rings (SSSR count). The van der Waals surface area contributed by atoms with Crippen LogP contribution in [0.3, 0.4) is 0 Å². The molecule has 0 amide bonds. The van der Waals surface area contributed by atoms with Crippen LogP contribution in [0.5, 0.6) is 0 Å². The summed E-state index contributed by atoms with van der Waals surface area (Å²) >= 11 is 5.99. The van der Waals surface area contributed by atoms with Crippen LogP contribution in [-0.2, 0) is 6.54 Å². The Labute approximate surface area is 113 Å². The van der Waals surface area contributed by atoms with Crippen molar-refractivity contribution < 1.29 is 4.39 Å². The predicted octanol–water partition coefficient (Wildman–Crippen LogP) is 3.05. The average Bonchev–Trinajstić information content (AvgIpc) is 2.79. The maximum atomic E-state index is 12.9. The molecule has 18 heavy (non-hydrogen) atoms. The van der Waals surface area contributed by atoms with Crippen molar-refractivity contribution in [3.05, 3.63) is 34.6 Å². The maximum absolute atomic E-state index is 12.9. The minimum atomic E-state index is -0.281. The van der Waals surface area contributed by atoms with E-state index in [0.29, 0.717) is 17.6 Å². The molecular weight excluding hydrogens is 251 g/mol. The molecule has 0 aromatic heterocycles. The van der Waals surface area contributed by atoms with Crippen LogP contribution >= 0.6 is 11.6 Å². The van der Waals surface area contributed by atoms with Gasteiger partial charge >= 0.3 is 0 Å². The Morgan fingerprint density at radius 1 is 1.50 bits per heavy atom. The quantitative estimate of drug-likeness (QED) is 0.885. The van der Waals surface area contributed by atoms with Gasteiger partial charge in [-0.2, -0.15) is 0 Å². The third-order valence-electron chi connectivity index (χ3n) is 3.62. The van der Waals surface area contributed by atoms with E-state index in [9.17, 15) is 4.39 Å². The lowest BCUT2D eigenvalue weighted by Crippen LogP contribution is -2.37. The highest BCUT2D eigenvalue weighted by molar-refractivity contribution is 6.31. The summed E-state index contributed by atoms with van der Waals surface area (Å²) in [7, 11) is 0. The molecule has 4 heteroatoms. The van der Waals surface area contributed by atoms with E-state index in [1.165, 1.54) is 31.5 Å². The lowest BCUT2D eigenvalue weighted by molar-refractivity contribution is 0.260. The SMILES string of the molecule is CCN1CCCC1CNCc1ccc(F)cc1Cl. The van der Waals surface area contributed by atoms with Crippen LogP contribution in [0.1, 0.15) is 25.3 Å². The van der Waals surface area contributed by atoms with Gasteiger partial charge in [-0.05, 0) is 43.6 Å². The summed E-state index contributed by atoms with van der Waals surface area (Å²) in [6.45, 7) is 6.20. The second-order valence-electron chi connectivity index (χ2n) is 4.79. The normalized spacial score (nSPS) is 20.5. The van der Waals surface area contributed by atoms with E-state index >= 15 is 0 Å². The Balaban J connectivity index is 1.81. The van der Waals surface area contributed by atoms with Crippen molar-refractivity contribution in [1.82, 2.24) is 10.2 Å². The minimum Gasteiger partial charge on any atom is -0.311 e. The average molecular weight is 271 g/mol. The molecule has 1 aliphatic rings. The van der Waals surface area contributed by atoms with Crippen LogP contribution < -0.4 is 5.32 Å². The highest BCUT2D eigenvalue weighted by atomic mass is 35.5. The van der Waals surface area contributed by atoms with Crippen LogP contribution in [0.2, 0.25) is 5.02 Å². The van der Waals surface area contributed by atoms with Gasteiger partial charge in [-0.3, -0.25) is 4.90 Å². The number of hydrogen-bond donors (Lipinski definition) is 1. The van der Waals surface area contributed by atoms with Gasteiger partial charge in [0.2, 0.25) is 0 Å². The second-order valence-corrected chi connectivity index (χ2v) is 5.20. The molecule has 1 heterocycles. The van der Waals surface area contributed by atoms with Crippen LogP contribution in [0.25, 0.3) is 0 Å². The predicted molar refractivity (Wildman–Crippen MR) is 73.4 cm³/mol. The standard InChI is InChI=1S/C14H20ClFN2/c1-2-18-7-3-4-13(18)10-17-9-11-5-6-12(16)8-14(11)15/h5-6,8,13,17H,2-4,7,9-10H2,1H3. The van der Waals surface area contributed by atoms with E-state index in [0.717, 1.165) is 18.7 Å². The number of hydrogen-bond acceptors (Lipinski definition) is 2. The van der Waals surface area contributed by atoms with Crippen molar-refractivity contribution in [2.45, 2.75) is 32.4 Å². The molecule has 1 aromatic carbocycles. The summed E-state index contributed by atoms with van der Waals surface area (Å²) in [5.74, 6) is -0.281. The zero-order chi connectivity index (χ0) is 13.0.